The van der Waals surface area contributed by atoms with Crippen LogP contribution >= 0.6 is 0 Å². The number of rotatable bonds is 6. The van der Waals surface area contributed by atoms with Crippen molar-refractivity contribution in [3.05, 3.63) is 31.0 Å². The number of carbonyl (C=O) groups excluding carboxylic acids is 1. The third-order valence-electron chi connectivity index (χ3n) is 5.41. The maximum atomic E-state index is 12.6. The van der Waals surface area contributed by atoms with E-state index >= 15 is 0 Å². The van der Waals surface area contributed by atoms with E-state index in [1.165, 1.54) is 0 Å². The molecule has 0 spiro atoms. The first-order chi connectivity index (χ1) is 16.3. The number of piperidine rings is 1. The Kier molecular flexibility index (Phi) is 6.82. The molecule has 11 nitrogen and oxygen atoms in total. The lowest BCUT2D eigenvalue weighted by Gasteiger charge is -2.38. The first-order valence-electron chi connectivity index (χ1n) is 11.3. The molecule has 1 saturated heterocycles. The Morgan fingerprint density at radius 2 is 2.06 bits per heavy atom. The molecular formula is C23H31N7O4. The minimum Gasteiger partial charge on any atom is -0.478 e. The first kappa shape index (κ1) is 23.7. The Bertz CT molecular complexity index is 1140. The van der Waals surface area contributed by atoms with Crippen molar-refractivity contribution in [2.24, 2.45) is 0 Å². The van der Waals surface area contributed by atoms with Crippen LogP contribution in [0, 0.1) is 0 Å². The molecule has 3 aromatic rings. The molecular weight excluding hydrogens is 438 g/mol. The normalized spacial score (nSPS) is 18.7. The molecule has 0 radical (unpaired) electrons. The smallest absolute Gasteiger partial charge is 0.410 e. The van der Waals surface area contributed by atoms with Gasteiger partial charge < -0.3 is 24.4 Å². The topological polar surface area (TPSA) is 117 Å². The van der Waals surface area contributed by atoms with E-state index in [0.29, 0.717) is 43.6 Å². The highest BCUT2D eigenvalue weighted by Gasteiger charge is 2.34. The van der Waals surface area contributed by atoms with Gasteiger partial charge in [-0.05, 0) is 34.1 Å². The molecule has 4 heterocycles. The van der Waals surface area contributed by atoms with Gasteiger partial charge in [-0.25, -0.2) is 19.7 Å². The first-order valence-corrected chi connectivity index (χ1v) is 11.3. The SMILES string of the molecule is CCOc1cc2ncn(-c3cncc(N[C@H]4CN(C(=O)OC(C)(C)C)CC[C@@H]4OC)n3)c2cn1. The summed E-state index contributed by atoms with van der Waals surface area (Å²) in [6.07, 6.45) is 6.95. The van der Waals surface area contributed by atoms with Crippen molar-refractivity contribution in [3.63, 3.8) is 0 Å². The lowest BCUT2D eigenvalue weighted by molar-refractivity contribution is -0.00285. The number of carbonyl (C=O) groups is 1. The average Bonchev–Trinajstić information content (AvgIpc) is 3.22. The van der Waals surface area contributed by atoms with Gasteiger partial charge in [0.1, 0.15) is 17.7 Å². The molecule has 0 unspecified atom stereocenters. The fraction of sp³-hybridized carbons (Fsp3) is 0.522. The van der Waals surface area contributed by atoms with E-state index in [4.69, 9.17) is 19.2 Å². The Labute approximate surface area is 198 Å². The number of hydrogen-bond donors (Lipinski definition) is 1. The van der Waals surface area contributed by atoms with Gasteiger partial charge in [-0.2, -0.15) is 0 Å². The van der Waals surface area contributed by atoms with Crippen LogP contribution in [0.1, 0.15) is 34.1 Å². The van der Waals surface area contributed by atoms with E-state index in [9.17, 15) is 4.79 Å². The lowest BCUT2D eigenvalue weighted by atomic mass is 10.0. The lowest BCUT2D eigenvalue weighted by Crippen LogP contribution is -2.53. The van der Waals surface area contributed by atoms with Gasteiger partial charge in [-0.15, -0.1) is 0 Å². The van der Waals surface area contributed by atoms with E-state index in [1.54, 1.807) is 43.0 Å². The molecule has 1 amide bonds. The number of amides is 1. The fourth-order valence-corrected chi connectivity index (χ4v) is 3.87. The van der Waals surface area contributed by atoms with Crippen molar-refractivity contribution >= 4 is 22.9 Å². The van der Waals surface area contributed by atoms with Crippen molar-refractivity contribution in [2.75, 3.05) is 32.1 Å². The van der Waals surface area contributed by atoms with E-state index < -0.39 is 5.60 Å². The van der Waals surface area contributed by atoms with Gasteiger partial charge in [0.05, 0.1) is 48.4 Å². The highest BCUT2D eigenvalue weighted by molar-refractivity contribution is 5.77. The highest BCUT2D eigenvalue weighted by Crippen LogP contribution is 2.22. The summed E-state index contributed by atoms with van der Waals surface area (Å²) in [6.45, 7) is 9.01. The third-order valence-corrected chi connectivity index (χ3v) is 5.41. The van der Waals surface area contributed by atoms with Gasteiger partial charge in [-0.3, -0.25) is 9.55 Å². The Balaban J connectivity index is 1.53. The number of nitrogens with one attached hydrogen (secondary N) is 1. The number of fused-ring (bicyclic) bond motifs is 1. The number of aromatic nitrogens is 5. The van der Waals surface area contributed by atoms with E-state index in [2.05, 4.69) is 20.3 Å². The van der Waals surface area contributed by atoms with Gasteiger partial charge >= 0.3 is 6.09 Å². The maximum Gasteiger partial charge on any atom is 0.410 e. The quantitative estimate of drug-likeness (QED) is 0.581. The Hall–Kier alpha value is -3.47. The van der Waals surface area contributed by atoms with E-state index in [1.807, 2.05) is 32.3 Å². The largest absolute Gasteiger partial charge is 0.478 e. The molecule has 0 saturated carbocycles. The number of nitrogens with zero attached hydrogens (tertiary/aromatic N) is 6. The summed E-state index contributed by atoms with van der Waals surface area (Å²) in [5.74, 6) is 1.68. The fourth-order valence-electron chi connectivity index (χ4n) is 3.87. The summed E-state index contributed by atoms with van der Waals surface area (Å²) >= 11 is 0. The number of imidazole rings is 1. The van der Waals surface area contributed by atoms with Gasteiger partial charge in [0, 0.05) is 26.3 Å². The number of ether oxygens (including phenoxy) is 3. The molecule has 4 rings (SSSR count). The predicted octanol–water partition coefficient (Wildman–Crippen LogP) is 3.05. The zero-order valence-corrected chi connectivity index (χ0v) is 20.2. The Morgan fingerprint density at radius 3 is 2.79 bits per heavy atom. The van der Waals surface area contributed by atoms with Gasteiger partial charge in [-0.1, -0.05) is 0 Å². The molecule has 11 heteroatoms. The number of methoxy groups -OCH3 is 1. The second kappa shape index (κ2) is 9.80. The molecule has 2 atom stereocenters. The van der Waals surface area contributed by atoms with Crippen molar-refractivity contribution in [3.8, 4) is 11.7 Å². The van der Waals surface area contributed by atoms with Crippen LogP contribution in [0.25, 0.3) is 16.9 Å². The number of likely N-dealkylation sites (tertiary alicyclic amines) is 1. The van der Waals surface area contributed by atoms with Crippen molar-refractivity contribution < 1.29 is 19.0 Å². The minimum absolute atomic E-state index is 0.0839. The molecule has 3 aromatic heterocycles. The number of pyridine rings is 1. The molecule has 1 fully saturated rings. The van der Waals surface area contributed by atoms with Crippen LogP contribution in [-0.4, -0.2) is 80.0 Å². The van der Waals surface area contributed by atoms with E-state index in [0.717, 1.165) is 11.0 Å². The Morgan fingerprint density at radius 1 is 1.24 bits per heavy atom. The standard InChI is InChI=1S/C23H31N7O4/c1-6-33-21-9-15-17(10-25-21)30(14-26-15)20-12-24-11-19(28-20)27-16-13-29(8-7-18(16)32-5)22(31)34-23(2,3)4/h9-12,14,16,18H,6-8,13H2,1-5H3,(H,27,28)/t16-,18-/m0/s1. The molecule has 34 heavy (non-hydrogen) atoms. The average molecular weight is 470 g/mol. The van der Waals surface area contributed by atoms with Crippen LogP contribution in [0.2, 0.25) is 0 Å². The minimum atomic E-state index is -0.552. The summed E-state index contributed by atoms with van der Waals surface area (Å²) in [4.78, 5) is 32.1. The molecule has 1 N–H and O–H groups in total. The van der Waals surface area contributed by atoms with Crippen molar-refractivity contribution in [1.29, 1.82) is 0 Å². The van der Waals surface area contributed by atoms with Gasteiger partial charge in [0.25, 0.3) is 0 Å². The highest BCUT2D eigenvalue weighted by atomic mass is 16.6. The van der Waals surface area contributed by atoms with Gasteiger partial charge in [0.15, 0.2) is 5.82 Å². The van der Waals surface area contributed by atoms with Crippen LogP contribution < -0.4 is 10.1 Å². The maximum absolute atomic E-state index is 12.6. The predicted molar refractivity (Wildman–Crippen MR) is 126 cm³/mol. The summed E-state index contributed by atoms with van der Waals surface area (Å²) in [7, 11) is 1.67. The molecule has 182 valence electrons. The third kappa shape index (κ3) is 5.36. The number of anilines is 1. The van der Waals surface area contributed by atoms with Crippen LogP contribution in [0.4, 0.5) is 10.6 Å². The molecule has 1 aliphatic heterocycles. The second-order valence-corrected chi connectivity index (χ2v) is 9.06. The summed E-state index contributed by atoms with van der Waals surface area (Å²) in [5, 5.41) is 3.39. The van der Waals surface area contributed by atoms with Crippen LogP contribution in [0.5, 0.6) is 5.88 Å². The zero-order chi connectivity index (χ0) is 24.3. The summed E-state index contributed by atoms with van der Waals surface area (Å²) in [6, 6.07) is 1.62. The molecule has 0 aliphatic carbocycles. The van der Waals surface area contributed by atoms with Crippen LogP contribution in [-0.2, 0) is 9.47 Å². The summed E-state index contributed by atoms with van der Waals surface area (Å²) in [5.41, 5.74) is 0.987. The molecule has 0 bridgehead atoms. The number of hydrogen-bond acceptors (Lipinski definition) is 9. The zero-order valence-electron chi connectivity index (χ0n) is 20.2. The van der Waals surface area contributed by atoms with Crippen molar-refractivity contribution in [2.45, 2.75) is 51.9 Å². The molecule has 0 aromatic carbocycles. The van der Waals surface area contributed by atoms with Gasteiger partial charge in [0.2, 0.25) is 5.88 Å². The van der Waals surface area contributed by atoms with E-state index in [-0.39, 0.29) is 18.2 Å². The van der Waals surface area contributed by atoms with Crippen LogP contribution in [0.3, 0.4) is 0 Å². The van der Waals surface area contributed by atoms with Crippen molar-refractivity contribution in [1.82, 2.24) is 29.4 Å². The monoisotopic (exact) mass is 469 g/mol. The second-order valence-electron chi connectivity index (χ2n) is 9.06. The summed E-state index contributed by atoms with van der Waals surface area (Å²) < 4.78 is 18.5. The molecule has 1 aliphatic rings. The van der Waals surface area contributed by atoms with Crippen LogP contribution in [0.15, 0.2) is 31.0 Å².